The Morgan fingerprint density at radius 2 is 1.95 bits per heavy atom. The number of ether oxygens (including phenoxy) is 1. The van der Waals surface area contributed by atoms with Gasteiger partial charge in [0, 0.05) is 12.1 Å². The zero-order valence-electron chi connectivity index (χ0n) is 12.0. The number of para-hydroxylation sites is 1. The van der Waals surface area contributed by atoms with E-state index in [2.05, 4.69) is 16.4 Å². The van der Waals surface area contributed by atoms with Crippen LogP contribution in [0.4, 0.5) is 5.69 Å². The van der Waals surface area contributed by atoms with Crippen molar-refractivity contribution in [2.24, 2.45) is 0 Å². The molecule has 0 radical (unpaired) electrons. The maximum atomic E-state index is 5.86. The van der Waals surface area contributed by atoms with Crippen LogP contribution in [0.3, 0.4) is 0 Å². The van der Waals surface area contributed by atoms with E-state index in [1.54, 1.807) is 6.07 Å². The summed E-state index contributed by atoms with van der Waals surface area (Å²) in [4.78, 5) is 4.23. The summed E-state index contributed by atoms with van der Waals surface area (Å²) in [6.07, 6.45) is 0.162. The quantitative estimate of drug-likeness (QED) is 0.827. The van der Waals surface area contributed by atoms with E-state index in [1.807, 2.05) is 45.0 Å². The number of anilines is 1. The second kappa shape index (κ2) is 6.62. The summed E-state index contributed by atoms with van der Waals surface area (Å²) in [5, 5.41) is 3.88. The molecule has 0 amide bonds. The van der Waals surface area contributed by atoms with Gasteiger partial charge in [-0.3, -0.25) is 0 Å². The third kappa shape index (κ3) is 3.87. The van der Waals surface area contributed by atoms with Gasteiger partial charge >= 0.3 is 0 Å². The molecule has 0 fully saturated rings. The first kappa shape index (κ1) is 14.7. The first-order valence-corrected chi connectivity index (χ1v) is 7.05. The van der Waals surface area contributed by atoms with Gasteiger partial charge in [-0.15, -0.1) is 0 Å². The van der Waals surface area contributed by atoms with Crippen LogP contribution in [0.1, 0.15) is 25.1 Å². The molecule has 0 aliphatic heterocycles. The Labute approximate surface area is 124 Å². The summed E-state index contributed by atoms with van der Waals surface area (Å²) < 4.78 is 5.81. The van der Waals surface area contributed by atoms with Crippen LogP contribution < -0.4 is 10.1 Å². The summed E-state index contributed by atoms with van der Waals surface area (Å²) in [6, 6.07) is 11.8. The van der Waals surface area contributed by atoms with E-state index in [9.17, 15) is 0 Å². The Kier molecular flexibility index (Phi) is 4.85. The molecular formula is C16H19ClN2O. The van der Waals surface area contributed by atoms with E-state index in [-0.39, 0.29) is 6.10 Å². The molecule has 0 unspecified atom stereocenters. The summed E-state index contributed by atoms with van der Waals surface area (Å²) in [6.45, 7) is 6.67. The minimum atomic E-state index is 0.162. The van der Waals surface area contributed by atoms with Crippen molar-refractivity contribution >= 4 is 17.3 Å². The predicted octanol–water partition coefficient (Wildman–Crippen LogP) is 4.44. The minimum Gasteiger partial charge on any atom is -0.491 e. The fourth-order valence-corrected chi connectivity index (χ4v) is 2.12. The number of aromatic nitrogens is 1. The second-order valence-electron chi connectivity index (χ2n) is 4.89. The Hall–Kier alpha value is -1.74. The molecule has 0 aliphatic rings. The number of pyridine rings is 1. The third-order valence-electron chi connectivity index (χ3n) is 2.86. The monoisotopic (exact) mass is 290 g/mol. The molecule has 1 N–H and O–H groups in total. The van der Waals surface area contributed by atoms with Crippen molar-refractivity contribution in [2.45, 2.75) is 33.4 Å². The van der Waals surface area contributed by atoms with E-state index < -0.39 is 0 Å². The summed E-state index contributed by atoms with van der Waals surface area (Å²) >= 11 is 5.86. The number of aryl methyl sites for hydroxylation is 1. The van der Waals surface area contributed by atoms with Gasteiger partial charge in [-0.1, -0.05) is 29.8 Å². The average Bonchev–Trinajstić information content (AvgIpc) is 2.39. The zero-order chi connectivity index (χ0) is 14.5. The molecule has 20 heavy (non-hydrogen) atoms. The number of nitrogens with zero attached hydrogens (tertiary/aromatic N) is 1. The summed E-state index contributed by atoms with van der Waals surface area (Å²) in [5.41, 5.74) is 2.99. The number of nitrogens with one attached hydrogen (secondary N) is 1. The molecule has 0 saturated carbocycles. The van der Waals surface area contributed by atoms with Crippen LogP contribution in [0.15, 0.2) is 36.4 Å². The molecule has 2 rings (SSSR count). The van der Waals surface area contributed by atoms with Crippen LogP contribution >= 0.6 is 11.6 Å². The molecular weight excluding hydrogens is 272 g/mol. The maximum absolute atomic E-state index is 5.86. The molecule has 0 atom stereocenters. The second-order valence-corrected chi connectivity index (χ2v) is 5.28. The Morgan fingerprint density at radius 1 is 1.20 bits per heavy atom. The van der Waals surface area contributed by atoms with Gasteiger partial charge in [0.15, 0.2) is 0 Å². The van der Waals surface area contributed by atoms with Gasteiger partial charge in [0.2, 0.25) is 0 Å². The fourth-order valence-electron chi connectivity index (χ4n) is 1.93. The molecule has 0 bridgehead atoms. The lowest BCUT2D eigenvalue weighted by molar-refractivity contribution is 0.240. The molecule has 4 heteroatoms. The van der Waals surface area contributed by atoms with Gasteiger partial charge in [0.05, 0.1) is 17.5 Å². The number of benzene rings is 1. The molecule has 1 heterocycles. The average molecular weight is 291 g/mol. The molecule has 3 nitrogen and oxygen atoms in total. The first-order chi connectivity index (χ1) is 9.56. The van der Waals surface area contributed by atoms with Crippen molar-refractivity contribution in [2.75, 3.05) is 5.32 Å². The highest BCUT2D eigenvalue weighted by Crippen LogP contribution is 2.22. The van der Waals surface area contributed by atoms with E-state index in [1.165, 1.54) is 0 Å². The van der Waals surface area contributed by atoms with E-state index in [0.29, 0.717) is 11.7 Å². The van der Waals surface area contributed by atoms with Gasteiger partial charge in [-0.05, 0) is 39.0 Å². The highest BCUT2D eigenvalue weighted by Gasteiger charge is 2.06. The van der Waals surface area contributed by atoms with Gasteiger partial charge in [-0.2, -0.15) is 0 Å². The normalized spacial score (nSPS) is 10.7. The molecule has 0 saturated heterocycles. The number of rotatable bonds is 5. The van der Waals surface area contributed by atoms with E-state index in [0.717, 1.165) is 22.7 Å². The van der Waals surface area contributed by atoms with Gasteiger partial charge in [-0.25, -0.2) is 4.98 Å². The van der Waals surface area contributed by atoms with Crippen molar-refractivity contribution in [3.8, 4) is 5.75 Å². The number of hydrogen-bond acceptors (Lipinski definition) is 3. The smallest absolute Gasteiger partial charge is 0.129 e. The summed E-state index contributed by atoms with van der Waals surface area (Å²) in [7, 11) is 0. The van der Waals surface area contributed by atoms with Crippen molar-refractivity contribution in [1.29, 1.82) is 0 Å². The lowest BCUT2D eigenvalue weighted by Crippen LogP contribution is -2.09. The lowest BCUT2D eigenvalue weighted by Gasteiger charge is -2.15. The Morgan fingerprint density at radius 3 is 2.65 bits per heavy atom. The van der Waals surface area contributed by atoms with Crippen LogP contribution in [0.25, 0.3) is 0 Å². The molecule has 1 aromatic heterocycles. The third-order valence-corrected chi connectivity index (χ3v) is 3.07. The largest absolute Gasteiger partial charge is 0.491 e. The number of halogens is 1. The summed E-state index contributed by atoms with van der Waals surface area (Å²) in [5.74, 6) is 0.912. The molecule has 0 spiro atoms. The SMILES string of the molecule is Cc1nc(Cl)ccc1NCc1ccccc1OC(C)C. The first-order valence-electron chi connectivity index (χ1n) is 6.68. The Bertz CT molecular complexity index is 584. The molecule has 106 valence electrons. The number of hydrogen-bond donors (Lipinski definition) is 1. The molecule has 0 aliphatic carbocycles. The van der Waals surface area contributed by atoms with Crippen LogP contribution in [0.5, 0.6) is 5.75 Å². The maximum Gasteiger partial charge on any atom is 0.129 e. The van der Waals surface area contributed by atoms with Gasteiger partial charge in [0.25, 0.3) is 0 Å². The molecule has 1 aromatic carbocycles. The van der Waals surface area contributed by atoms with Crippen LogP contribution in [-0.2, 0) is 6.54 Å². The van der Waals surface area contributed by atoms with Gasteiger partial charge in [0.1, 0.15) is 10.9 Å². The highest BCUT2D eigenvalue weighted by atomic mass is 35.5. The molecule has 2 aromatic rings. The Balaban J connectivity index is 2.10. The predicted molar refractivity (Wildman–Crippen MR) is 83.5 cm³/mol. The van der Waals surface area contributed by atoms with Crippen molar-refractivity contribution < 1.29 is 4.74 Å². The van der Waals surface area contributed by atoms with Crippen LogP contribution in [-0.4, -0.2) is 11.1 Å². The van der Waals surface area contributed by atoms with Crippen molar-refractivity contribution in [3.05, 3.63) is 52.8 Å². The van der Waals surface area contributed by atoms with Crippen LogP contribution in [0, 0.1) is 6.92 Å². The van der Waals surface area contributed by atoms with Crippen LogP contribution in [0.2, 0.25) is 5.15 Å². The van der Waals surface area contributed by atoms with E-state index in [4.69, 9.17) is 16.3 Å². The van der Waals surface area contributed by atoms with Crippen molar-refractivity contribution in [3.63, 3.8) is 0 Å². The zero-order valence-corrected chi connectivity index (χ0v) is 12.7. The van der Waals surface area contributed by atoms with Crippen molar-refractivity contribution in [1.82, 2.24) is 4.98 Å². The lowest BCUT2D eigenvalue weighted by atomic mass is 10.2. The minimum absolute atomic E-state index is 0.162. The topological polar surface area (TPSA) is 34.2 Å². The highest BCUT2D eigenvalue weighted by molar-refractivity contribution is 6.29. The fraction of sp³-hybridized carbons (Fsp3) is 0.312. The van der Waals surface area contributed by atoms with E-state index >= 15 is 0 Å². The van der Waals surface area contributed by atoms with Gasteiger partial charge < -0.3 is 10.1 Å². The standard InChI is InChI=1S/C16H19ClN2O/c1-11(2)20-15-7-5-4-6-13(15)10-18-14-8-9-16(17)19-12(14)3/h4-9,11,18H,10H2,1-3H3.